The van der Waals surface area contributed by atoms with Gasteiger partial charge >= 0.3 is 0 Å². The number of hydrogen-bond donors (Lipinski definition) is 1. The lowest BCUT2D eigenvalue weighted by molar-refractivity contribution is 0.528. The Morgan fingerprint density at radius 2 is 1.71 bits per heavy atom. The second-order valence-electron chi connectivity index (χ2n) is 8.01. The van der Waals surface area contributed by atoms with Crippen molar-refractivity contribution in [2.45, 2.75) is 71.6 Å². The lowest BCUT2D eigenvalue weighted by Gasteiger charge is -2.21. The molecule has 2 aromatic rings. The van der Waals surface area contributed by atoms with Crippen LogP contribution in [0.25, 0.3) is 5.57 Å². The zero-order valence-corrected chi connectivity index (χ0v) is 18.5. The summed E-state index contributed by atoms with van der Waals surface area (Å²) in [7, 11) is 2.05. The predicted molar refractivity (Wildman–Crippen MR) is 125 cm³/mol. The Bertz CT molecular complexity index is 744. The van der Waals surface area contributed by atoms with Crippen molar-refractivity contribution in [1.29, 1.82) is 0 Å². The molecule has 0 radical (unpaired) electrons. The van der Waals surface area contributed by atoms with Crippen LogP contribution in [0.3, 0.4) is 0 Å². The van der Waals surface area contributed by atoms with E-state index in [2.05, 4.69) is 75.1 Å². The van der Waals surface area contributed by atoms with Gasteiger partial charge in [-0.25, -0.2) is 0 Å². The van der Waals surface area contributed by atoms with E-state index in [1.165, 1.54) is 53.5 Å². The fraction of sp³-hybridized carbons (Fsp3) is 0.481. The molecular formula is C27H39N. The Labute approximate surface area is 173 Å². The number of rotatable bonds is 12. The molecule has 2 rings (SSSR count). The molecule has 152 valence electrons. The zero-order valence-electron chi connectivity index (χ0n) is 18.5. The van der Waals surface area contributed by atoms with E-state index in [9.17, 15) is 0 Å². The van der Waals surface area contributed by atoms with E-state index < -0.39 is 0 Å². The summed E-state index contributed by atoms with van der Waals surface area (Å²) in [5.74, 6) is 0.652. The third kappa shape index (κ3) is 6.34. The van der Waals surface area contributed by atoms with E-state index in [0.29, 0.717) is 5.92 Å². The van der Waals surface area contributed by atoms with Gasteiger partial charge in [0, 0.05) is 0 Å². The summed E-state index contributed by atoms with van der Waals surface area (Å²) in [5.41, 5.74) is 8.49. The van der Waals surface area contributed by atoms with Crippen LogP contribution in [-0.2, 0) is 19.3 Å². The zero-order chi connectivity index (χ0) is 20.4. The molecule has 0 saturated heterocycles. The van der Waals surface area contributed by atoms with E-state index >= 15 is 0 Å². The summed E-state index contributed by atoms with van der Waals surface area (Å²) in [5, 5.41) is 3.28. The van der Waals surface area contributed by atoms with Gasteiger partial charge in [0.1, 0.15) is 0 Å². The molecule has 0 amide bonds. The number of unbranched alkanes of at least 4 members (excludes halogenated alkanes) is 1. The third-order valence-corrected chi connectivity index (χ3v) is 5.90. The number of benzene rings is 2. The number of aryl methyl sites for hydroxylation is 3. The molecule has 0 spiro atoms. The summed E-state index contributed by atoms with van der Waals surface area (Å²) in [6.07, 6.45) is 8.40. The smallest absolute Gasteiger partial charge is 0.00519 e. The van der Waals surface area contributed by atoms with E-state index in [4.69, 9.17) is 0 Å². The quantitative estimate of drug-likeness (QED) is 0.395. The molecule has 2 aromatic carbocycles. The van der Waals surface area contributed by atoms with Crippen LogP contribution in [0.1, 0.15) is 80.2 Å². The Hall–Kier alpha value is -1.86. The van der Waals surface area contributed by atoms with Crippen molar-refractivity contribution in [3.8, 4) is 0 Å². The fourth-order valence-corrected chi connectivity index (χ4v) is 4.25. The highest BCUT2D eigenvalue weighted by molar-refractivity contribution is 5.65. The topological polar surface area (TPSA) is 12.0 Å². The molecule has 0 aliphatic heterocycles. The molecule has 1 N–H and O–H groups in total. The first-order valence-corrected chi connectivity index (χ1v) is 11.1. The molecule has 1 unspecified atom stereocenters. The highest BCUT2D eigenvalue weighted by atomic mass is 14.8. The lowest BCUT2D eigenvalue weighted by Crippen LogP contribution is -2.09. The predicted octanol–water partition coefficient (Wildman–Crippen LogP) is 6.95. The van der Waals surface area contributed by atoms with Crippen molar-refractivity contribution in [3.05, 3.63) is 76.9 Å². The number of allylic oxidation sites excluding steroid dienone is 1. The standard InChI is InChI=1S/C27H39N/c1-6-23-12-8-9-14-27(23)25(13-10-11-19-28-5)17-15-22-16-18-26(21(3)4)24(7-2)20-22/h8-9,12,14,16,18,20,25,28H,3,6-7,10-11,13,15,17,19H2,1-2,4-5H3. The van der Waals surface area contributed by atoms with Crippen molar-refractivity contribution in [2.75, 3.05) is 13.6 Å². The van der Waals surface area contributed by atoms with E-state index in [1.54, 1.807) is 5.56 Å². The van der Waals surface area contributed by atoms with Crippen molar-refractivity contribution < 1.29 is 0 Å². The van der Waals surface area contributed by atoms with E-state index in [0.717, 1.165) is 25.8 Å². The second-order valence-corrected chi connectivity index (χ2v) is 8.01. The van der Waals surface area contributed by atoms with Gasteiger partial charge < -0.3 is 5.32 Å². The van der Waals surface area contributed by atoms with Crippen molar-refractivity contribution >= 4 is 5.57 Å². The summed E-state index contributed by atoms with van der Waals surface area (Å²) >= 11 is 0. The average molecular weight is 378 g/mol. The third-order valence-electron chi connectivity index (χ3n) is 5.90. The summed E-state index contributed by atoms with van der Waals surface area (Å²) < 4.78 is 0. The maximum Gasteiger partial charge on any atom is -0.00519 e. The van der Waals surface area contributed by atoms with Gasteiger partial charge in [0.05, 0.1) is 0 Å². The SMILES string of the molecule is C=C(C)c1ccc(CCC(CCCCNC)c2ccccc2CC)cc1CC. The molecule has 0 bridgehead atoms. The fourth-order valence-electron chi connectivity index (χ4n) is 4.25. The molecule has 1 heteroatoms. The second kappa shape index (κ2) is 11.9. The van der Waals surface area contributed by atoms with Crippen LogP contribution in [0.15, 0.2) is 49.0 Å². The highest BCUT2D eigenvalue weighted by Crippen LogP contribution is 2.31. The first-order valence-electron chi connectivity index (χ1n) is 11.1. The Morgan fingerprint density at radius 3 is 2.39 bits per heavy atom. The Balaban J connectivity index is 2.14. The minimum Gasteiger partial charge on any atom is -0.320 e. The Kier molecular flexibility index (Phi) is 9.50. The molecule has 0 aliphatic carbocycles. The van der Waals surface area contributed by atoms with Gasteiger partial charge in [-0.3, -0.25) is 0 Å². The number of hydrogen-bond acceptors (Lipinski definition) is 1. The summed E-state index contributed by atoms with van der Waals surface area (Å²) in [6, 6.07) is 16.1. The van der Waals surface area contributed by atoms with Crippen molar-refractivity contribution in [1.82, 2.24) is 5.32 Å². The molecule has 1 nitrogen and oxygen atoms in total. The van der Waals surface area contributed by atoms with Crippen LogP contribution in [0.4, 0.5) is 0 Å². The molecular weight excluding hydrogens is 338 g/mol. The van der Waals surface area contributed by atoms with Crippen LogP contribution in [0.2, 0.25) is 0 Å². The van der Waals surface area contributed by atoms with Crippen LogP contribution < -0.4 is 5.32 Å². The van der Waals surface area contributed by atoms with Crippen LogP contribution in [-0.4, -0.2) is 13.6 Å². The van der Waals surface area contributed by atoms with Gasteiger partial charge in [0.2, 0.25) is 0 Å². The normalized spacial score (nSPS) is 12.1. The molecule has 1 atom stereocenters. The minimum absolute atomic E-state index is 0.652. The maximum atomic E-state index is 4.14. The molecule has 0 aliphatic rings. The van der Waals surface area contributed by atoms with E-state index in [1.807, 2.05) is 7.05 Å². The van der Waals surface area contributed by atoms with Crippen LogP contribution >= 0.6 is 0 Å². The van der Waals surface area contributed by atoms with Gasteiger partial charge in [0.25, 0.3) is 0 Å². The molecule has 0 saturated carbocycles. The van der Waals surface area contributed by atoms with Gasteiger partial charge in [-0.05, 0) is 92.8 Å². The van der Waals surface area contributed by atoms with Crippen LogP contribution in [0.5, 0.6) is 0 Å². The summed E-state index contributed by atoms with van der Waals surface area (Å²) in [4.78, 5) is 0. The molecule has 0 fully saturated rings. The van der Waals surface area contributed by atoms with Crippen molar-refractivity contribution in [2.24, 2.45) is 0 Å². The van der Waals surface area contributed by atoms with Gasteiger partial charge in [-0.1, -0.05) is 74.9 Å². The first-order chi connectivity index (χ1) is 13.6. The maximum absolute atomic E-state index is 4.14. The number of nitrogens with one attached hydrogen (secondary N) is 1. The molecule has 28 heavy (non-hydrogen) atoms. The van der Waals surface area contributed by atoms with E-state index in [-0.39, 0.29) is 0 Å². The average Bonchev–Trinajstić information content (AvgIpc) is 2.72. The summed E-state index contributed by atoms with van der Waals surface area (Å²) in [6.45, 7) is 11.9. The largest absolute Gasteiger partial charge is 0.320 e. The monoisotopic (exact) mass is 377 g/mol. The highest BCUT2D eigenvalue weighted by Gasteiger charge is 2.15. The molecule has 0 aromatic heterocycles. The van der Waals surface area contributed by atoms with Gasteiger partial charge in [0.15, 0.2) is 0 Å². The van der Waals surface area contributed by atoms with Gasteiger partial charge in [-0.15, -0.1) is 0 Å². The minimum atomic E-state index is 0.652. The van der Waals surface area contributed by atoms with Crippen molar-refractivity contribution in [3.63, 3.8) is 0 Å². The Morgan fingerprint density at radius 1 is 0.964 bits per heavy atom. The molecule has 0 heterocycles. The van der Waals surface area contributed by atoms with Crippen LogP contribution in [0, 0.1) is 0 Å². The lowest BCUT2D eigenvalue weighted by atomic mass is 9.84. The van der Waals surface area contributed by atoms with Gasteiger partial charge in [-0.2, -0.15) is 0 Å². The first kappa shape index (κ1) is 22.4.